The molecule has 162 valence electrons. The highest BCUT2D eigenvalue weighted by Gasteiger charge is 2.20. The number of hydrogen-bond acceptors (Lipinski definition) is 8. The molecule has 1 amide bonds. The van der Waals surface area contributed by atoms with Crippen LogP contribution in [-0.2, 0) is 18.4 Å². The van der Waals surface area contributed by atoms with Gasteiger partial charge in [0.15, 0.2) is 11.5 Å². The zero-order chi connectivity index (χ0) is 22.3. The van der Waals surface area contributed by atoms with Crippen molar-refractivity contribution in [2.75, 3.05) is 18.1 Å². The van der Waals surface area contributed by atoms with E-state index >= 15 is 0 Å². The second kappa shape index (κ2) is 8.12. The first-order valence-corrected chi connectivity index (χ1v) is 10.3. The highest BCUT2D eigenvalue weighted by molar-refractivity contribution is 9.10. The van der Waals surface area contributed by atoms with Gasteiger partial charge in [0.25, 0.3) is 5.91 Å². The molecule has 31 heavy (non-hydrogen) atoms. The standard InChI is InChI=1S/C19H22BrN9O2/c1-9(7-31-8-11-4-12(21)15-13(5-11)28(3)27-26-15)23-19(30)16-10(2)24-18-17(22)25-14(20)6-29(16)18/h4-6,9H,7-8,21H2,1-3H3,(H2,22,25)(H,23,30). The number of imidazole rings is 1. The number of aryl methyl sites for hydroxylation is 2. The number of ether oxygens (including phenoxy) is 1. The quantitative estimate of drug-likeness (QED) is 0.346. The lowest BCUT2D eigenvalue weighted by Crippen LogP contribution is -2.36. The summed E-state index contributed by atoms with van der Waals surface area (Å²) in [6, 6.07) is 3.52. The van der Waals surface area contributed by atoms with Crippen LogP contribution in [0.3, 0.4) is 0 Å². The predicted molar refractivity (Wildman–Crippen MR) is 119 cm³/mol. The Balaban J connectivity index is 1.41. The highest BCUT2D eigenvalue weighted by Crippen LogP contribution is 2.21. The van der Waals surface area contributed by atoms with Crippen molar-refractivity contribution in [1.82, 2.24) is 34.7 Å². The van der Waals surface area contributed by atoms with Crippen LogP contribution >= 0.6 is 15.9 Å². The molecule has 0 spiro atoms. The third-order valence-electron chi connectivity index (χ3n) is 4.81. The van der Waals surface area contributed by atoms with Gasteiger partial charge in [-0.3, -0.25) is 9.20 Å². The van der Waals surface area contributed by atoms with Crippen molar-refractivity contribution < 1.29 is 9.53 Å². The topological polar surface area (TPSA) is 151 Å². The Labute approximate surface area is 185 Å². The second-order valence-electron chi connectivity index (χ2n) is 7.34. The Kier molecular flexibility index (Phi) is 5.50. The summed E-state index contributed by atoms with van der Waals surface area (Å²) in [6.45, 7) is 4.28. The van der Waals surface area contributed by atoms with E-state index in [1.807, 2.05) is 19.1 Å². The molecule has 1 atom stereocenters. The summed E-state index contributed by atoms with van der Waals surface area (Å²) < 4.78 is 9.60. The Morgan fingerprint density at radius 2 is 2.10 bits per heavy atom. The van der Waals surface area contributed by atoms with Gasteiger partial charge in [0, 0.05) is 19.3 Å². The lowest BCUT2D eigenvalue weighted by Gasteiger charge is -2.15. The van der Waals surface area contributed by atoms with Crippen LogP contribution in [0.15, 0.2) is 22.9 Å². The zero-order valence-electron chi connectivity index (χ0n) is 17.3. The molecule has 0 saturated carbocycles. The number of halogens is 1. The minimum Gasteiger partial charge on any atom is -0.397 e. The molecular formula is C19H22BrN9O2. The van der Waals surface area contributed by atoms with Gasteiger partial charge in [-0.15, -0.1) is 5.10 Å². The number of nitrogens with zero attached hydrogens (tertiary/aromatic N) is 6. The molecule has 4 rings (SSSR count). The van der Waals surface area contributed by atoms with Gasteiger partial charge in [0.1, 0.15) is 15.8 Å². The minimum absolute atomic E-state index is 0.237. The number of carbonyl (C=O) groups excluding carboxylic acids is 1. The number of nitrogens with two attached hydrogens (primary N) is 2. The van der Waals surface area contributed by atoms with Crippen LogP contribution in [0.5, 0.6) is 0 Å². The molecule has 4 aromatic rings. The van der Waals surface area contributed by atoms with Gasteiger partial charge >= 0.3 is 0 Å². The molecule has 11 nitrogen and oxygen atoms in total. The third-order valence-corrected chi connectivity index (χ3v) is 5.20. The minimum atomic E-state index is -0.273. The average molecular weight is 488 g/mol. The second-order valence-corrected chi connectivity index (χ2v) is 8.16. The van der Waals surface area contributed by atoms with Crippen LogP contribution in [0.4, 0.5) is 11.5 Å². The molecule has 1 unspecified atom stereocenters. The summed E-state index contributed by atoms with van der Waals surface area (Å²) in [5.41, 5.74) is 16.3. The van der Waals surface area contributed by atoms with E-state index in [0.29, 0.717) is 46.1 Å². The first kappa shape index (κ1) is 21.0. The molecule has 3 aromatic heterocycles. The summed E-state index contributed by atoms with van der Waals surface area (Å²) in [7, 11) is 1.81. The number of carbonyl (C=O) groups is 1. The Morgan fingerprint density at radius 1 is 1.32 bits per heavy atom. The van der Waals surface area contributed by atoms with E-state index < -0.39 is 0 Å². The summed E-state index contributed by atoms with van der Waals surface area (Å²) in [5, 5.41) is 11.0. The van der Waals surface area contributed by atoms with E-state index in [1.54, 1.807) is 29.3 Å². The number of hydrogen-bond donors (Lipinski definition) is 3. The van der Waals surface area contributed by atoms with Crippen molar-refractivity contribution >= 4 is 50.0 Å². The van der Waals surface area contributed by atoms with Gasteiger partial charge in [0.2, 0.25) is 0 Å². The van der Waals surface area contributed by atoms with E-state index in [9.17, 15) is 4.79 Å². The summed E-state index contributed by atoms with van der Waals surface area (Å²) in [4.78, 5) is 21.3. The van der Waals surface area contributed by atoms with E-state index in [-0.39, 0.29) is 17.8 Å². The van der Waals surface area contributed by atoms with Gasteiger partial charge in [-0.25, -0.2) is 14.6 Å². The lowest BCUT2D eigenvalue weighted by atomic mass is 10.2. The van der Waals surface area contributed by atoms with Gasteiger partial charge in [-0.2, -0.15) is 0 Å². The van der Waals surface area contributed by atoms with Gasteiger partial charge in [-0.05, 0) is 47.5 Å². The Bertz CT molecular complexity index is 1300. The van der Waals surface area contributed by atoms with Crippen LogP contribution in [0.1, 0.15) is 28.7 Å². The molecular weight excluding hydrogens is 466 g/mol. The number of aromatic nitrogens is 6. The average Bonchev–Trinajstić information content (AvgIpc) is 3.22. The smallest absolute Gasteiger partial charge is 0.270 e. The van der Waals surface area contributed by atoms with Gasteiger partial charge < -0.3 is 21.5 Å². The van der Waals surface area contributed by atoms with Crippen LogP contribution in [0, 0.1) is 6.92 Å². The number of amides is 1. The monoisotopic (exact) mass is 487 g/mol. The third kappa shape index (κ3) is 4.03. The van der Waals surface area contributed by atoms with E-state index in [2.05, 4.69) is 41.5 Å². The SMILES string of the molecule is Cc1nc2c(N)nc(Br)cn2c1C(=O)NC(C)COCc1cc(N)c2nnn(C)c2c1. The van der Waals surface area contributed by atoms with E-state index in [4.69, 9.17) is 16.2 Å². The molecule has 0 bridgehead atoms. The van der Waals surface area contributed by atoms with Crippen molar-refractivity contribution in [3.05, 3.63) is 39.9 Å². The molecule has 1 aromatic carbocycles. The molecule has 0 fully saturated rings. The van der Waals surface area contributed by atoms with Crippen molar-refractivity contribution in [1.29, 1.82) is 0 Å². The summed E-state index contributed by atoms with van der Waals surface area (Å²) in [5.74, 6) is -0.0296. The Hall–Kier alpha value is -3.25. The van der Waals surface area contributed by atoms with Gasteiger partial charge in [0.05, 0.1) is 30.1 Å². The van der Waals surface area contributed by atoms with Crippen molar-refractivity contribution in [3.63, 3.8) is 0 Å². The fourth-order valence-corrected chi connectivity index (χ4v) is 3.81. The number of fused-ring (bicyclic) bond motifs is 2. The normalized spacial score (nSPS) is 12.5. The molecule has 0 aliphatic carbocycles. The van der Waals surface area contributed by atoms with Crippen molar-refractivity contribution in [3.8, 4) is 0 Å². The van der Waals surface area contributed by atoms with Crippen LogP contribution in [0.25, 0.3) is 16.7 Å². The molecule has 0 radical (unpaired) electrons. The Morgan fingerprint density at radius 3 is 2.87 bits per heavy atom. The lowest BCUT2D eigenvalue weighted by molar-refractivity contribution is 0.0815. The fourth-order valence-electron chi connectivity index (χ4n) is 3.41. The fraction of sp³-hybridized carbons (Fsp3) is 0.316. The summed E-state index contributed by atoms with van der Waals surface area (Å²) >= 11 is 3.30. The van der Waals surface area contributed by atoms with Crippen molar-refractivity contribution in [2.45, 2.75) is 26.5 Å². The maximum absolute atomic E-state index is 12.9. The molecule has 3 heterocycles. The summed E-state index contributed by atoms with van der Waals surface area (Å²) in [6.07, 6.45) is 1.66. The van der Waals surface area contributed by atoms with Crippen LogP contribution in [0.2, 0.25) is 0 Å². The molecule has 0 aliphatic rings. The number of benzene rings is 1. The van der Waals surface area contributed by atoms with E-state index in [0.717, 1.165) is 11.1 Å². The number of anilines is 2. The number of rotatable bonds is 6. The number of nitrogen functional groups attached to an aromatic ring is 2. The first-order chi connectivity index (χ1) is 14.7. The predicted octanol–water partition coefficient (Wildman–Crippen LogP) is 1.58. The van der Waals surface area contributed by atoms with Gasteiger partial charge in [-0.1, -0.05) is 5.21 Å². The maximum atomic E-state index is 12.9. The number of nitrogens with one attached hydrogen (secondary N) is 1. The molecule has 5 N–H and O–H groups in total. The zero-order valence-corrected chi connectivity index (χ0v) is 18.8. The molecule has 0 aliphatic heterocycles. The van der Waals surface area contributed by atoms with Crippen LogP contribution in [-0.4, -0.2) is 47.9 Å². The van der Waals surface area contributed by atoms with Crippen molar-refractivity contribution in [2.24, 2.45) is 7.05 Å². The largest absolute Gasteiger partial charge is 0.397 e. The molecule has 12 heteroatoms. The highest BCUT2D eigenvalue weighted by atomic mass is 79.9. The maximum Gasteiger partial charge on any atom is 0.270 e. The molecule has 0 saturated heterocycles. The van der Waals surface area contributed by atoms with Crippen LogP contribution < -0.4 is 16.8 Å². The van der Waals surface area contributed by atoms with E-state index in [1.165, 1.54) is 0 Å². The first-order valence-electron chi connectivity index (χ1n) is 9.51.